The second-order valence-corrected chi connectivity index (χ2v) is 6.42. The number of hydrogen-bond acceptors (Lipinski definition) is 4. The molecule has 0 unspecified atom stereocenters. The van der Waals surface area contributed by atoms with Gasteiger partial charge in [0.1, 0.15) is 5.75 Å². The summed E-state index contributed by atoms with van der Waals surface area (Å²) in [6.07, 6.45) is 4.49. The van der Waals surface area contributed by atoms with Gasteiger partial charge in [-0.25, -0.2) is 4.79 Å². The quantitative estimate of drug-likeness (QED) is 0.747. The zero-order valence-electron chi connectivity index (χ0n) is 13.6. The third-order valence-corrected chi connectivity index (χ3v) is 4.66. The van der Waals surface area contributed by atoms with Crippen molar-refractivity contribution in [3.05, 3.63) is 23.2 Å². The number of carboxylic acid groups (broad SMARTS) is 1. The molecule has 2 rings (SSSR count). The topological polar surface area (TPSA) is 84.9 Å². The molecule has 0 bridgehead atoms. The monoisotopic (exact) mass is 355 g/mol. The molecule has 1 amide bonds. The molecule has 0 radical (unpaired) electrons. The maximum Gasteiger partial charge on any atom is 0.341 e. The van der Waals surface area contributed by atoms with E-state index in [0.29, 0.717) is 18.7 Å². The minimum Gasteiger partial charge on any atom is -0.480 e. The first-order chi connectivity index (χ1) is 11.5. The molecular formula is C17H22ClNO5. The highest BCUT2D eigenvalue weighted by Gasteiger charge is 2.40. The number of hydrogen-bond donors (Lipinski definition) is 2. The molecule has 24 heavy (non-hydrogen) atoms. The number of carboxylic acids is 1. The second kappa shape index (κ2) is 8.35. The van der Waals surface area contributed by atoms with Gasteiger partial charge in [-0.1, -0.05) is 24.4 Å². The highest BCUT2D eigenvalue weighted by atomic mass is 35.5. The lowest BCUT2D eigenvalue weighted by molar-refractivity contribution is -0.139. The van der Waals surface area contributed by atoms with Crippen LogP contribution in [0, 0.1) is 5.41 Å². The zero-order valence-corrected chi connectivity index (χ0v) is 14.4. The molecule has 0 aliphatic heterocycles. The lowest BCUT2D eigenvalue weighted by atomic mass is 9.82. The smallest absolute Gasteiger partial charge is 0.341 e. The summed E-state index contributed by atoms with van der Waals surface area (Å²) in [6.45, 7) is 0.0850. The molecule has 0 aromatic heterocycles. The number of methoxy groups -OCH3 is 1. The minimum atomic E-state index is -1.08. The zero-order chi connectivity index (χ0) is 17.6. The van der Waals surface area contributed by atoms with E-state index in [1.807, 2.05) is 0 Å². The number of aliphatic carboxylic acids is 1. The Balaban J connectivity index is 2.05. The number of rotatable bonds is 8. The summed E-state index contributed by atoms with van der Waals surface area (Å²) in [5.74, 6) is -0.830. The number of ether oxygens (including phenoxy) is 2. The van der Waals surface area contributed by atoms with Crippen molar-refractivity contribution in [2.75, 3.05) is 25.6 Å². The van der Waals surface area contributed by atoms with E-state index in [2.05, 4.69) is 5.32 Å². The number of nitrogens with one attached hydrogen (secondary N) is 1. The van der Waals surface area contributed by atoms with Crippen LogP contribution in [0.4, 0.5) is 5.69 Å². The first kappa shape index (κ1) is 18.5. The van der Waals surface area contributed by atoms with Crippen LogP contribution in [0.5, 0.6) is 5.75 Å². The summed E-state index contributed by atoms with van der Waals surface area (Å²) in [5, 5.41) is 11.8. The van der Waals surface area contributed by atoms with Crippen molar-refractivity contribution in [3.63, 3.8) is 0 Å². The summed E-state index contributed by atoms with van der Waals surface area (Å²) in [4.78, 5) is 23.3. The number of anilines is 1. The van der Waals surface area contributed by atoms with Gasteiger partial charge in [0.15, 0.2) is 6.61 Å². The second-order valence-electron chi connectivity index (χ2n) is 6.01. The predicted octanol–water partition coefficient (Wildman–Crippen LogP) is 3.34. The number of benzene rings is 1. The van der Waals surface area contributed by atoms with Crippen molar-refractivity contribution >= 4 is 29.2 Å². The van der Waals surface area contributed by atoms with E-state index < -0.39 is 12.6 Å². The van der Waals surface area contributed by atoms with Crippen molar-refractivity contribution in [1.82, 2.24) is 0 Å². The standard InChI is InChI=1S/C17H22ClNO5/c1-23-9-8-17(6-2-3-7-17)16(22)19-12-4-5-14(13(18)10-12)24-11-15(20)21/h4-5,10H,2-3,6-9,11H2,1H3,(H,19,22)(H,20,21). The van der Waals surface area contributed by atoms with E-state index in [9.17, 15) is 9.59 Å². The van der Waals surface area contributed by atoms with E-state index in [1.54, 1.807) is 25.3 Å². The Hall–Kier alpha value is -1.79. The minimum absolute atomic E-state index is 0.0210. The first-order valence-electron chi connectivity index (χ1n) is 7.91. The van der Waals surface area contributed by atoms with Crippen LogP contribution in [-0.4, -0.2) is 37.3 Å². The van der Waals surface area contributed by atoms with Gasteiger partial charge in [0.05, 0.1) is 10.4 Å². The molecular weight excluding hydrogens is 334 g/mol. The Kier molecular flexibility index (Phi) is 6.45. The Morgan fingerprint density at radius 2 is 2.04 bits per heavy atom. The molecule has 1 aliphatic carbocycles. The van der Waals surface area contributed by atoms with Crippen LogP contribution < -0.4 is 10.1 Å². The van der Waals surface area contributed by atoms with Gasteiger partial charge in [-0.3, -0.25) is 4.79 Å². The van der Waals surface area contributed by atoms with E-state index >= 15 is 0 Å². The SMILES string of the molecule is COCCC1(C(=O)Nc2ccc(OCC(=O)O)c(Cl)c2)CCCC1. The lowest BCUT2D eigenvalue weighted by Crippen LogP contribution is -2.34. The molecule has 2 N–H and O–H groups in total. The van der Waals surface area contributed by atoms with Crippen LogP contribution in [-0.2, 0) is 14.3 Å². The van der Waals surface area contributed by atoms with Gasteiger partial charge in [0, 0.05) is 19.4 Å². The van der Waals surface area contributed by atoms with Crippen LogP contribution >= 0.6 is 11.6 Å². The molecule has 0 atom stereocenters. The average Bonchev–Trinajstić information content (AvgIpc) is 3.02. The van der Waals surface area contributed by atoms with Gasteiger partial charge in [-0.15, -0.1) is 0 Å². The Morgan fingerprint density at radius 1 is 1.33 bits per heavy atom. The van der Waals surface area contributed by atoms with Gasteiger partial charge < -0.3 is 19.9 Å². The Bertz CT molecular complexity index is 599. The largest absolute Gasteiger partial charge is 0.480 e. The summed E-state index contributed by atoms with van der Waals surface area (Å²) in [6, 6.07) is 4.77. The van der Waals surface area contributed by atoms with E-state index in [1.165, 1.54) is 0 Å². The Morgan fingerprint density at radius 3 is 2.62 bits per heavy atom. The first-order valence-corrected chi connectivity index (χ1v) is 8.29. The van der Waals surface area contributed by atoms with Gasteiger partial charge in [-0.2, -0.15) is 0 Å². The Labute approximate surface area is 146 Å². The third kappa shape index (κ3) is 4.61. The van der Waals surface area contributed by atoms with Crippen LogP contribution in [0.1, 0.15) is 32.1 Å². The molecule has 1 aromatic rings. The lowest BCUT2D eigenvalue weighted by Gasteiger charge is -2.27. The molecule has 1 saturated carbocycles. The number of carbonyl (C=O) groups is 2. The summed E-state index contributed by atoms with van der Waals surface area (Å²) < 4.78 is 10.2. The van der Waals surface area contributed by atoms with Crippen molar-refractivity contribution in [2.45, 2.75) is 32.1 Å². The van der Waals surface area contributed by atoms with Gasteiger partial charge in [0.25, 0.3) is 0 Å². The highest BCUT2D eigenvalue weighted by molar-refractivity contribution is 6.32. The molecule has 1 fully saturated rings. The van der Waals surface area contributed by atoms with Gasteiger partial charge in [0.2, 0.25) is 5.91 Å². The molecule has 7 heteroatoms. The van der Waals surface area contributed by atoms with Crippen LogP contribution in [0.3, 0.4) is 0 Å². The maximum absolute atomic E-state index is 12.7. The molecule has 0 spiro atoms. The van der Waals surface area contributed by atoms with Gasteiger partial charge >= 0.3 is 5.97 Å². The maximum atomic E-state index is 12.7. The molecule has 6 nitrogen and oxygen atoms in total. The molecule has 0 saturated heterocycles. The average molecular weight is 356 g/mol. The van der Waals surface area contributed by atoms with E-state index in [4.69, 9.17) is 26.2 Å². The molecule has 1 aromatic carbocycles. The summed E-state index contributed by atoms with van der Waals surface area (Å²) >= 11 is 6.09. The summed E-state index contributed by atoms with van der Waals surface area (Å²) in [7, 11) is 1.64. The van der Waals surface area contributed by atoms with Crippen LogP contribution in [0.2, 0.25) is 5.02 Å². The fourth-order valence-electron chi connectivity index (χ4n) is 3.04. The van der Waals surface area contributed by atoms with Crippen LogP contribution in [0.25, 0.3) is 0 Å². The normalized spacial score (nSPS) is 15.9. The highest BCUT2D eigenvalue weighted by Crippen LogP contribution is 2.42. The fourth-order valence-corrected chi connectivity index (χ4v) is 3.27. The van der Waals surface area contributed by atoms with E-state index in [-0.39, 0.29) is 22.1 Å². The molecule has 1 aliphatic rings. The number of carbonyl (C=O) groups excluding carboxylic acids is 1. The van der Waals surface area contributed by atoms with Gasteiger partial charge in [-0.05, 0) is 37.5 Å². The fraction of sp³-hybridized carbons (Fsp3) is 0.529. The third-order valence-electron chi connectivity index (χ3n) is 4.37. The summed E-state index contributed by atoms with van der Waals surface area (Å²) in [5.41, 5.74) is 0.178. The predicted molar refractivity (Wildman–Crippen MR) is 90.6 cm³/mol. The van der Waals surface area contributed by atoms with Crippen molar-refractivity contribution in [1.29, 1.82) is 0 Å². The molecule has 0 heterocycles. The number of amides is 1. The van der Waals surface area contributed by atoms with Crippen molar-refractivity contribution in [2.24, 2.45) is 5.41 Å². The van der Waals surface area contributed by atoms with E-state index in [0.717, 1.165) is 25.7 Å². The molecule has 132 valence electrons. The van der Waals surface area contributed by atoms with Crippen LogP contribution in [0.15, 0.2) is 18.2 Å². The number of halogens is 1. The van der Waals surface area contributed by atoms with Crippen molar-refractivity contribution in [3.8, 4) is 5.75 Å². The van der Waals surface area contributed by atoms with Crippen molar-refractivity contribution < 1.29 is 24.2 Å².